The van der Waals surface area contributed by atoms with E-state index < -0.39 is 16.4 Å². The summed E-state index contributed by atoms with van der Waals surface area (Å²) in [5.74, 6) is -0.872. The summed E-state index contributed by atoms with van der Waals surface area (Å²) in [5.41, 5.74) is 0.506. The molecule has 1 aliphatic rings. The molecule has 0 bridgehead atoms. The van der Waals surface area contributed by atoms with Crippen LogP contribution in [-0.2, 0) is 6.54 Å². The summed E-state index contributed by atoms with van der Waals surface area (Å²) in [5, 5.41) is 22.5. The van der Waals surface area contributed by atoms with Gasteiger partial charge in [0, 0.05) is 18.2 Å². The van der Waals surface area contributed by atoms with Crippen molar-refractivity contribution in [1.82, 2.24) is 20.3 Å². The first-order valence-corrected chi connectivity index (χ1v) is 6.65. The number of nitro groups is 1. The molecule has 110 valence electrons. The average Bonchev–Trinajstić information content (AvgIpc) is 3.22. The van der Waals surface area contributed by atoms with Crippen LogP contribution in [0.25, 0.3) is 11.3 Å². The summed E-state index contributed by atoms with van der Waals surface area (Å²) in [7, 11) is 1.75. The van der Waals surface area contributed by atoms with Crippen LogP contribution in [0.3, 0.4) is 0 Å². The smallest absolute Gasteiger partial charge is 0.305 e. The Morgan fingerprint density at radius 3 is 2.86 bits per heavy atom. The van der Waals surface area contributed by atoms with Crippen LogP contribution in [0.15, 0.2) is 18.2 Å². The maximum atomic E-state index is 14.3. The number of hydrogen-bond acceptors (Lipinski definition) is 5. The Bertz CT molecular complexity index is 696. The molecule has 0 unspecified atom stereocenters. The number of nitro benzene ring substituents is 1. The third kappa shape index (κ3) is 2.49. The predicted octanol–water partition coefficient (Wildman–Crippen LogP) is 2.05. The van der Waals surface area contributed by atoms with Gasteiger partial charge >= 0.3 is 5.69 Å². The molecule has 1 saturated carbocycles. The van der Waals surface area contributed by atoms with Crippen LogP contribution in [0.4, 0.5) is 10.1 Å². The molecule has 0 atom stereocenters. The highest BCUT2D eigenvalue weighted by Gasteiger charge is 2.29. The van der Waals surface area contributed by atoms with Crippen LogP contribution in [0.1, 0.15) is 24.6 Å². The third-order valence-electron chi connectivity index (χ3n) is 3.35. The zero-order chi connectivity index (χ0) is 15.0. The van der Waals surface area contributed by atoms with Crippen molar-refractivity contribution in [3.05, 3.63) is 39.8 Å². The second-order valence-electron chi connectivity index (χ2n) is 4.97. The highest BCUT2D eigenvalue weighted by Crippen LogP contribution is 2.36. The van der Waals surface area contributed by atoms with Crippen LogP contribution in [0.5, 0.6) is 0 Å². The fourth-order valence-electron chi connectivity index (χ4n) is 2.16. The van der Waals surface area contributed by atoms with Gasteiger partial charge in [-0.25, -0.2) is 0 Å². The Morgan fingerprint density at radius 1 is 1.48 bits per heavy atom. The van der Waals surface area contributed by atoms with Gasteiger partial charge in [0.25, 0.3) is 0 Å². The summed E-state index contributed by atoms with van der Waals surface area (Å²) >= 11 is 0. The number of halogens is 1. The molecule has 0 aliphatic heterocycles. The zero-order valence-electron chi connectivity index (χ0n) is 11.4. The maximum Gasteiger partial charge on any atom is 0.305 e. The van der Waals surface area contributed by atoms with Crippen molar-refractivity contribution in [2.75, 3.05) is 7.05 Å². The minimum absolute atomic E-state index is 0.112. The molecule has 1 aromatic carbocycles. The molecule has 0 saturated heterocycles. The lowest BCUT2D eigenvalue weighted by atomic mass is 10.1. The summed E-state index contributed by atoms with van der Waals surface area (Å²) in [6.07, 6.45) is 2.01. The first-order valence-electron chi connectivity index (χ1n) is 6.65. The quantitative estimate of drug-likeness (QED) is 0.673. The van der Waals surface area contributed by atoms with E-state index in [0.717, 1.165) is 18.9 Å². The highest BCUT2D eigenvalue weighted by atomic mass is 19.1. The van der Waals surface area contributed by atoms with Crippen LogP contribution < -0.4 is 5.32 Å². The van der Waals surface area contributed by atoms with Gasteiger partial charge in [-0.05, 0) is 26.0 Å². The molecular formula is C13H14FN5O2. The fourth-order valence-corrected chi connectivity index (χ4v) is 2.16. The maximum absolute atomic E-state index is 14.3. The number of nitrogens with one attached hydrogen (secondary N) is 1. The predicted molar refractivity (Wildman–Crippen MR) is 73.1 cm³/mol. The number of nitrogens with zero attached hydrogens (tertiary/aromatic N) is 4. The molecule has 0 radical (unpaired) electrons. The molecule has 21 heavy (non-hydrogen) atoms. The van der Waals surface area contributed by atoms with Crippen molar-refractivity contribution >= 4 is 5.69 Å². The van der Waals surface area contributed by atoms with Crippen molar-refractivity contribution in [2.45, 2.75) is 25.4 Å². The molecule has 0 spiro atoms. The molecule has 7 nitrogen and oxygen atoms in total. The Morgan fingerprint density at radius 2 is 2.24 bits per heavy atom. The minimum atomic E-state index is -0.872. The van der Waals surface area contributed by atoms with Crippen molar-refractivity contribution in [2.24, 2.45) is 0 Å². The molecule has 1 heterocycles. The molecule has 1 aromatic heterocycles. The van der Waals surface area contributed by atoms with E-state index >= 15 is 0 Å². The third-order valence-corrected chi connectivity index (χ3v) is 3.35. The van der Waals surface area contributed by atoms with Crippen LogP contribution in [0.2, 0.25) is 0 Å². The number of benzene rings is 1. The van der Waals surface area contributed by atoms with E-state index in [0.29, 0.717) is 17.9 Å². The lowest BCUT2D eigenvalue weighted by Gasteiger charge is -2.02. The first kappa shape index (κ1) is 13.6. The van der Waals surface area contributed by atoms with Gasteiger partial charge in [-0.2, -0.15) is 19.4 Å². The van der Waals surface area contributed by atoms with Crippen molar-refractivity contribution in [1.29, 1.82) is 0 Å². The molecular weight excluding hydrogens is 277 g/mol. The fraction of sp³-hybridized carbons (Fsp3) is 0.385. The largest absolute Gasteiger partial charge is 0.314 e. The van der Waals surface area contributed by atoms with Gasteiger partial charge in [-0.1, -0.05) is 6.07 Å². The summed E-state index contributed by atoms with van der Waals surface area (Å²) in [6.45, 7) is 0.421. The average molecular weight is 291 g/mol. The lowest BCUT2D eigenvalue weighted by molar-refractivity contribution is -0.387. The number of aromatic nitrogens is 3. The summed E-state index contributed by atoms with van der Waals surface area (Å²) < 4.78 is 14.3. The molecule has 1 fully saturated rings. The van der Waals surface area contributed by atoms with Gasteiger partial charge in [-0.15, -0.1) is 0 Å². The monoisotopic (exact) mass is 291 g/mol. The van der Waals surface area contributed by atoms with E-state index in [2.05, 4.69) is 15.5 Å². The molecule has 1 aliphatic carbocycles. The standard InChI is InChI=1S/C13H14FN5O2/c1-15-7-10-13(17-18(16-10)8-5-6-8)9-3-2-4-11(12(9)14)19(20)21/h2-4,8,15H,5-7H2,1H3. The van der Waals surface area contributed by atoms with Crippen molar-refractivity contribution in [3.63, 3.8) is 0 Å². The topological polar surface area (TPSA) is 85.9 Å². The van der Waals surface area contributed by atoms with E-state index in [1.165, 1.54) is 12.1 Å². The minimum Gasteiger partial charge on any atom is -0.314 e. The second-order valence-corrected chi connectivity index (χ2v) is 4.97. The van der Waals surface area contributed by atoms with Gasteiger partial charge in [0.1, 0.15) is 11.4 Å². The van der Waals surface area contributed by atoms with E-state index in [-0.39, 0.29) is 11.6 Å². The van der Waals surface area contributed by atoms with Gasteiger partial charge < -0.3 is 5.32 Å². The first-order chi connectivity index (χ1) is 10.1. The summed E-state index contributed by atoms with van der Waals surface area (Å²) in [4.78, 5) is 11.7. The number of rotatable bonds is 5. The second kappa shape index (κ2) is 5.21. The van der Waals surface area contributed by atoms with Gasteiger partial charge in [0.2, 0.25) is 5.82 Å². The molecule has 8 heteroatoms. The van der Waals surface area contributed by atoms with E-state index in [4.69, 9.17) is 0 Å². The Balaban J connectivity index is 2.10. The molecule has 2 aromatic rings. The van der Waals surface area contributed by atoms with E-state index in [1.807, 2.05) is 0 Å². The Hall–Kier alpha value is -2.35. The van der Waals surface area contributed by atoms with Crippen molar-refractivity contribution < 1.29 is 9.31 Å². The van der Waals surface area contributed by atoms with Gasteiger partial charge in [0.05, 0.1) is 11.0 Å². The number of hydrogen-bond donors (Lipinski definition) is 1. The molecule has 3 rings (SSSR count). The SMILES string of the molecule is CNCc1nn(C2CC2)nc1-c1cccc([N+](=O)[O-])c1F. The molecule has 1 N–H and O–H groups in total. The Kier molecular flexibility index (Phi) is 3.38. The van der Waals surface area contributed by atoms with Gasteiger partial charge in [-0.3, -0.25) is 10.1 Å². The molecule has 0 amide bonds. The summed E-state index contributed by atoms with van der Waals surface area (Å²) in [6, 6.07) is 4.34. The van der Waals surface area contributed by atoms with Gasteiger partial charge in [0.15, 0.2) is 0 Å². The normalized spacial score (nSPS) is 14.4. The van der Waals surface area contributed by atoms with E-state index in [9.17, 15) is 14.5 Å². The van der Waals surface area contributed by atoms with Crippen molar-refractivity contribution in [3.8, 4) is 11.3 Å². The van der Waals surface area contributed by atoms with Crippen LogP contribution >= 0.6 is 0 Å². The Labute approximate surface area is 119 Å². The lowest BCUT2D eigenvalue weighted by Crippen LogP contribution is -2.07. The zero-order valence-corrected chi connectivity index (χ0v) is 11.4. The van der Waals surface area contributed by atoms with Crippen LogP contribution in [-0.4, -0.2) is 27.0 Å². The highest BCUT2D eigenvalue weighted by molar-refractivity contribution is 5.65. The van der Waals surface area contributed by atoms with Crippen LogP contribution in [0, 0.1) is 15.9 Å². The van der Waals surface area contributed by atoms with E-state index in [1.54, 1.807) is 11.8 Å².